The van der Waals surface area contributed by atoms with Crippen LogP contribution in [0.5, 0.6) is 5.75 Å². The van der Waals surface area contributed by atoms with Crippen LogP contribution >= 0.6 is 0 Å². The number of nitrogens with one attached hydrogen (secondary N) is 1. The van der Waals surface area contributed by atoms with Gasteiger partial charge in [0, 0.05) is 37.4 Å². The maximum absolute atomic E-state index is 5.46. The van der Waals surface area contributed by atoms with E-state index in [1.54, 1.807) is 7.11 Å². The normalized spacial score (nSPS) is 15.3. The molecule has 0 aliphatic carbocycles. The fourth-order valence-corrected chi connectivity index (χ4v) is 3.69. The number of methoxy groups -OCH3 is 1. The molecule has 3 aromatic rings. The van der Waals surface area contributed by atoms with Crippen LogP contribution in [0.25, 0.3) is 11.3 Å². The molecule has 0 radical (unpaired) electrons. The Balaban J connectivity index is 1.37. The van der Waals surface area contributed by atoms with Gasteiger partial charge in [-0.2, -0.15) is 0 Å². The maximum atomic E-state index is 5.46. The minimum absolute atomic E-state index is 0.403. The molecule has 0 saturated carbocycles. The van der Waals surface area contributed by atoms with Gasteiger partial charge < -0.3 is 10.1 Å². The topological polar surface area (TPSA) is 50.3 Å². The zero-order valence-electron chi connectivity index (χ0n) is 16.2. The van der Waals surface area contributed by atoms with Crippen LogP contribution in [-0.2, 0) is 6.54 Å². The van der Waals surface area contributed by atoms with Crippen molar-refractivity contribution in [3.63, 3.8) is 0 Å². The summed E-state index contributed by atoms with van der Waals surface area (Å²) in [6, 6.07) is 20.9. The van der Waals surface area contributed by atoms with E-state index < -0.39 is 0 Å². The number of ether oxygens (including phenoxy) is 1. The number of anilines is 1. The lowest BCUT2D eigenvalue weighted by Crippen LogP contribution is -2.38. The quantitative estimate of drug-likeness (QED) is 0.700. The molecule has 2 aromatic carbocycles. The first kappa shape index (κ1) is 18.4. The van der Waals surface area contributed by atoms with Gasteiger partial charge in [0.25, 0.3) is 0 Å². The minimum atomic E-state index is 0.403. The van der Waals surface area contributed by atoms with E-state index >= 15 is 0 Å². The summed E-state index contributed by atoms with van der Waals surface area (Å²) in [4.78, 5) is 11.7. The van der Waals surface area contributed by atoms with Crippen molar-refractivity contribution in [2.75, 3.05) is 25.5 Å². The summed E-state index contributed by atoms with van der Waals surface area (Å²) in [7, 11) is 1.68. The van der Waals surface area contributed by atoms with Crippen LogP contribution < -0.4 is 10.1 Å². The number of nitrogens with zero attached hydrogens (tertiary/aromatic N) is 3. The van der Waals surface area contributed by atoms with Crippen molar-refractivity contribution in [3.05, 3.63) is 72.4 Å². The van der Waals surface area contributed by atoms with Gasteiger partial charge in [-0.25, -0.2) is 9.97 Å². The van der Waals surface area contributed by atoms with Crippen LogP contribution in [0.2, 0.25) is 0 Å². The molecule has 4 rings (SSSR count). The number of piperidine rings is 1. The summed E-state index contributed by atoms with van der Waals surface area (Å²) < 4.78 is 5.46. The number of para-hydroxylation sites is 1. The van der Waals surface area contributed by atoms with Gasteiger partial charge in [0.05, 0.1) is 12.8 Å². The number of likely N-dealkylation sites (tertiary alicyclic amines) is 1. The van der Waals surface area contributed by atoms with Gasteiger partial charge in [-0.05, 0) is 36.6 Å². The van der Waals surface area contributed by atoms with Crippen LogP contribution in [-0.4, -0.2) is 41.1 Å². The van der Waals surface area contributed by atoms with Gasteiger partial charge in [-0.1, -0.05) is 42.5 Å². The summed E-state index contributed by atoms with van der Waals surface area (Å²) >= 11 is 0. The van der Waals surface area contributed by atoms with E-state index in [1.807, 2.05) is 36.5 Å². The van der Waals surface area contributed by atoms with Gasteiger partial charge in [-0.15, -0.1) is 0 Å². The molecular formula is C23H26N4O. The molecule has 1 fully saturated rings. The molecule has 0 unspecified atom stereocenters. The van der Waals surface area contributed by atoms with E-state index in [-0.39, 0.29) is 0 Å². The third-order valence-electron chi connectivity index (χ3n) is 5.21. The molecule has 1 saturated heterocycles. The SMILES string of the molecule is COc1ccccc1-c1ccnc(NC2CCN(Cc3ccccc3)CC2)n1. The predicted molar refractivity (Wildman–Crippen MR) is 112 cm³/mol. The molecule has 0 amide bonds. The van der Waals surface area contributed by atoms with Crippen molar-refractivity contribution < 1.29 is 4.74 Å². The lowest BCUT2D eigenvalue weighted by Gasteiger charge is -2.32. The molecule has 5 heteroatoms. The number of rotatable bonds is 6. The summed E-state index contributed by atoms with van der Waals surface area (Å²) in [6.07, 6.45) is 3.99. The first-order valence-electron chi connectivity index (χ1n) is 9.81. The first-order valence-corrected chi connectivity index (χ1v) is 9.81. The minimum Gasteiger partial charge on any atom is -0.496 e. The highest BCUT2D eigenvalue weighted by atomic mass is 16.5. The molecular weight excluding hydrogens is 348 g/mol. The third-order valence-corrected chi connectivity index (χ3v) is 5.21. The van der Waals surface area contributed by atoms with Gasteiger partial charge in [0.1, 0.15) is 5.75 Å². The molecule has 28 heavy (non-hydrogen) atoms. The van der Waals surface area contributed by atoms with Crippen LogP contribution in [0.4, 0.5) is 5.95 Å². The van der Waals surface area contributed by atoms with Gasteiger partial charge >= 0.3 is 0 Å². The van der Waals surface area contributed by atoms with Crippen LogP contribution in [0.3, 0.4) is 0 Å². The summed E-state index contributed by atoms with van der Waals surface area (Å²) in [6.45, 7) is 3.19. The second-order valence-electron chi connectivity index (χ2n) is 7.15. The Labute approximate surface area is 166 Å². The van der Waals surface area contributed by atoms with Crippen LogP contribution in [0, 0.1) is 0 Å². The molecule has 2 heterocycles. The van der Waals surface area contributed by atoms with E-state index in [0.717, 1.165) is 49.5 Å². The average Bonchev–Trinajstić information content (AvgIpc) is 2.76. The standard InChI is InChI=1S/C23H26N4O/c1-28-22-10-6-5-9-20(22)21-11-14-24-23(26-21)25-19-12-15-27(16-13-19)17-18-7-3-2-4-8-18/h2-11,14,19H,12-13,15-17H2,1H3,(H,24,25,26). The Kier molecular flexibility index (Phi) is 5.83. The molecule has 144 valence electrons. The summed E-state index contributed by atoms with van der Waals surface area (Å²) in [5, 5.41) is 3.52. The Morgan fingerprint density at radius 2 is 1.75 bits per heavy atom. The smallest absolute Gasteiger partial charge is 0.223 e. The van der Waals surface area contributed by atoms with Crippen molar-refractivity contribution >= 4 is 5.95 Å². The van der Waals surface area contributed by atoms with Gasteiger partial charge in [0.2, 0.25) is 5.95 Å². The first-order chi connectivity index (χ1) is 13.8. The number of aromatic nitrogens is 2. The fraction of sp³-hybridized carbons (Fsp3) is 0.304. The number of hydrogen-bond donors (Lipinski definition) is 1. The second-order valence-corrected chi connectivity index (χ2v) is 7.15. The Morgan fingerprint density at radius 3 is 2.54 bits per heavy atom. The molecule has 1 N–H and O–H groups in total. The zero-order valence-corrected chi connectivity index (χ0v) is 16.2. The fourth-order valence-electron chi connectivity index (χ4n) is 3.69. The van der Waals surface area contributed by atoms with E-state index in [9.17, 15) is 0 Å². The zero-order chi connectivity index (χ0) is 19.2. The van der Waals surface area contributed by atoms with E-state index in [4.69, 9.17) is 9.72 Å². The highest BCUT2D eigenvalue weighted by molar-refractivity contribution is 5.67. The summed E-state index contributed by atoms with van der Waals surface area (Å²) in [5.41, 5.74) is 3.23. The largest absolute Gasteiger partial charge is 0.496 e. The summed E-state index contributed by atoms with van der Waals surface area (Å²) in [5.74, 6) is 1.51. The molecule has 1 aromatic heterocycles. The van der Waals surface area contributed by atoms with E-state index in [2.05, 4.69) is 45.5 Å². The molecule has 0 bridgehead atoms. The Morgan fingerprint density at radius 1 is 1.00 bits per heavy atom. The molecule has 0 atom stereocenters. The van der Waals surface area contributed by atoms with E-state index in [0.29, 0.717) is 12.0 Å². The Bertz CT molecular complexity index is 892. The molecule has 1 aliphatic rings. The highest BCUT2D eigenvalue weighted by Gasteiger charge is 2.20. The van der Waals surface area contributed by atoms with Crippen molar-refractivity contribution in [2.45, 2.75) is 25.4 Å². The van der Waals surface area contributed by atoms with Crippen LogP contribution in [0.15, 0.2) is 66.9 Å². The number of benzene rings is 2. The van der Waals surface area contributed by atoms with E-state index in [1.165, 1.54) is 5.56 Å². The number of hydrogen-bond acceptors (Lipinski definition) is 5. The highest BCUT2D eigenvalue weighted by Crippen LogP contribution is 2.28. The lowest BCUT2D eigenvalue weighted by molar-refractivity contribution is 0.211. The monoisotopic (exact) mass is 374 g/mol. The van der Waals surface area contributed by atoms with Crippen molar-refractivity contribution in [2.24, 2.45) is 0 Å². The lowest BCUT2D eigenvalue weighted by atomic mass is 10.0. The van der Waals surface area contributed by atoms with Gasteiger partial charge in [-0.3, -0.25) is 4.90 Å². The molecule has 5 nitrogen and oxygen atoms in total. The second kappa shape index (κ2) is 8.85. The van der Waals surface area contributed by atoms with Crippen molar-refractivity contribution in [1.29, 1.82) is 0 Å². The van der Waals surface area contributed by atoms with Crippen molar-refractivity contribution in [1.82, 2.24) is 14.9 Å². The van der Waals surface area contributed by atoms with Crippen LogP contribution in [0.1, 0.15) is 18.4 Å². The Hall–Kier alpha value is -2.92. The molecule has 1 aliphatic heterocycles. The molecule has 0 spiro atoms. The third kappa shape index (κ3) is 4.49. The predicted octanol–water partition coefficient (Wildman–Crippen LogP) is 4.23. The van der Waals surface area contributed by atoms with Gasteiger partial charge in [0.15, 0.2) is 0 Å². The average molecular weight is 374 g/mol. The van der Waals surface area contributed by atoms with Crippen molar-refractivity contribution in [3.8, 4) is 17.0 Å². The maximum Gasteiger partial charge on any atom is 0.223 e.